The van der Waals surface area contributed by atoms with Crippen LogP contribution in [-0.2, 0) is 19.1 Å². The maximum absolute atomic E-state index is 11.6. The van der Waals surface area contributed by atoms with E-state index >= 15 is 0 Å². The molecule has 1 heterocycles. The summed E-state index contributed by atoms with van der Waals surface area (Å²) in [7, 11) is 0. The van der Waals surface area contributed by atoms with Gasteiger partial charge in [-0.1, -0.05) is 20.3 Å². The molecule has 0 aromatic rings. The van der Waals surface area contributed by atoms with Gasteiger partial charge >= 0.3 is 5.97 Å². The lowest BCUT2D eigenvalue weighted by molar-refractivity contribution is -0.158. The van der Waals surface area contributed by atoms with Gasteiger partial charge in [-0.2, -0.15) is 0 Å². The molecule has 0 unspecified atom stereocenters. The van der Waals surface area contributed by atoms with Crippen molar-refractivity contribution in [2.75, 3.05) is 13.2 Å². The number of hydrogen-bond acceptors (Lipinski definition) is 4. The van der Waals surface area contributed by atoms with Crippen molar-refractivity contribution in [2.45, 2.75) is 39.5 Å². The van der Waals surface area contributed by atoms with E-state index < -0.39 is 5.97 Å². The predicted molar refractivity (Wildman–Crippen MR) is 61.0 cm³/mol. The number of imide groups is 1. The fraction of sp³-hybridized carbons (Fsp3) is 0.750. The smallest absolute Gasteiger partial charge is 0.326 e. The van der Waals surface area contributed by atoms with Crippen LogP contribution in [0.3, 0.4) is 0 Å². The fourth-order valence-corrected chi connectivity index (χ4v) is 1.71. The molecule has 1 rings (SSSR count). The maximum Gasteiger partial charge on any atom is 0.326 e. The normalized spacial score (nSPS) is 17.4. The lowest BCUT2D eigenvalue weighted by atomic mass is 9.98. The molecule has 0 saturated carbocycles. The Morgan fingerprint density at radius 2 is 1.94 bits per heavy atom. The van der Waals surface area contributed by atoms with Gasteiger partial charge < -0.3 is 4.74 Å². The van der Waals surface area contributed by atoms with Crippen molar-refractivity contribution in [1.29, 1.82) is 0 Å². The third-order valence-corrected chi connectivity index (χ3v) is 2.70. The number of esters is 1. The monoisotopic (exact) mass is 241 g/mol. The zero-order valence-electron chi connectivity index (χ0n) is 10.4. The van der Waals surface area contributed by atoms with Crippen LogP contribution < -0.4 is 0 Å². The summed E-state index contributed by atoms with van der Waals surface area (Å²) in [5, 5.41) is 0. The number of rotatable bonds is 5. The van der Waals surface area contributed by atoms with Crippen LogP contribution in [0.25, 0.3) is 0 Å². The van der Waals surface area contributed by atoms with E-state index in [1.54, 1.807) is 0 Å². The van der Waals surface area contributed by atoms with Gasteiger partial charge in [-0.3, -0.25) is 19.3 Å². The second-order valence-electron chi connectivity index (χ2n) is 4.46. The highest BCUT2D eigenvalue weighted by Gasteiger charge is 2.31. The summed E-state index contributed by atoms with van der Waals surface area (Å²) in [5.41, 5.74) is 0. The SMILES string of the molecule is CCCCOC(=O)CN1C(=O)CC(C)CC1=O. The van der Waals surface area contributed by atoms with Crippen molar-refractivity contribution >= 4 is 17.8 Å². The molecule has 0 atom stereocenters. The number of carbonyl (C=O) groups excluding carboxylic acids is 3. The molecule has 1 aliphatic rings. The molecule has 1 fully saturated rings. The van der Waals surface area contributed by atoms with Crippen LogP contribution in [-0.4, -0.2) is 35.8 Å². The van der Waals surface area contributed by atoms with E-state index in [2.05, 4.69) is 0 Å². The molecule has 0 N–H and O–H groups in total. The van der Waals surface area contributed by atoms with Gasteiger partial charge in [-0.15, -0.1) is 0 Å². The van der Waals surface area contributed by atoms with Crippen LogP contribution in [0.15, 0.2) is 0 Å². The highest BCUT2D eigenvalue weighted by atomic mass is 16.5. The largest absolute Gasteiger partial charge is 0.464 e. The highest BCUT2D eigenvalue weighted by molar-refractivity contribution is 6.00. The summed E-state index contributed by atoms with van der Waals surface area (Å²) in [5.74, 6) is -0.987. The molecule has 1 aliphatic heterocycles. The Morgan fingerprint density at radius 1 is 1.35 bits per heavy atom. The van der Waals surface area contributed by atoms with E-state index in [4.69, 9.17) is 4.74 Å². The molecule has 2 amide bonds. The zero-order valence-corrected chi connectivity index (χ0v) is 10.4. The van der Waals surface area contributed by atoms with Crippen LogP contribution in [0.5, 0.6) is 0 Å². The Kier molecular flexibility index (Phi) is 5.12. The van der Waals surface area contributed by atoms with Gasteiger partial charge in [-0.25, -0.2) is 0 Å². The molecular weight excluding hydrogens is 222 g/mol. The van der Waals surface area contributed by atoms with Gasteiger partial charge in [0.1, 0.15) is 6.54 Å². The number of hydrogen-bond donors (Lipinski definition) is 0. The molecule has 0 aromatic heterocycles. The van der Waals surface area contributed by atoms with Crippen molar-refractivity contribution in [1.82, 2.24) is 4.90 Å². The predicted octanol–water partition coefficient (Wildman–Crippen LogP) is 1.11. The van der Waals surface area contributed by atoms with Crippen molar-refractivity contribution in [3.05, 3.63) is 0 Å². The summed E-state index contributed by atoms with van der Waals surface area (Å²) in [6, 6.07) is 0. The Labute approximate surface area is 101 Å². The average Bonchev–Trinajstić information content (AvgIpc) is 2.24. The molecule has 0 aromatic carbocycles. The first-order valence-corrected chi connectivity index (χ1v) is 6.03. The second-order valence-corrected chi connectivity index (χ2v) is 4.46. The van der Waals surface area contributed by atoms with E-state index in [-0.39, 0.29) is 24.3 Å². The van der Waals surface area contributed by atoms with Gasteiger partial charge in [-0.05, 0) is 12.3 Å². The van der Waals surface area contributed by atoms with Gasteiger partial charge in [0.15, 0.2) is 0 Å². The molecule has 5 heteroatoms. The number of unbranched alkanes of at least 4 members (excludes halogenated alkanes) is 1. The first-order valence-electron chi connectivity index (χ1n) is 6.03. The number of nitrogens with zero attached hydrogens (tertiary/aromatic N) is 1. The average molecular weight is 241 g/mol. The van der Waals surface area contributed by atoms with Crippen LogP contribution in [0.4, 0.5) is 0 Å². The van der Waals surface area contributed by atoms with Crippen LogP contribution in [0.1, 0.15) is 39.5 Å². The minimum atomic E-state index is -0.505. The first kappa shape index (κ1) is 13.7. The van der Waals surface area contributed by atoms with E-state index in [1.807, 2.05) is 13.8 Å². The molecule has 0 radical (unpaired) electrons. The Balaban J connectivity index is 2.41. The number of carbonyl (C=O) groups is 3. The van der Waals surface area contributed by atoms with Crippen LogP contribution >= 0.6 is 0 Å². The number of amides is 2. The van der Waals surface area contributed by atoms with Gasteiger partial charge in [0.25, 0.3) is 0 Å². The second kappa shape index (κ2) is 6.37. The summed E-state index contributed by atoms with van der Waals surface area (Å²) < 4.78 is 4.92. The lowest BCUT2D eigenvalue weighted by Crippen LogP contribution is -2.45. The molecule has 5 nitrogen and oxygen atoms in total. The number of likely N-dealkylation sites (tertiary alicyclic amines) is 1. The van der Waals surface area contributed by atoms with Gasteiger partial charge in [0.05, 0.1) is 6.61 Å². The lowest BCUT2D eigenvalue weighted by Gasteiger charge is -2.27. The van der Waals surface area contributed by atoms with Gasteiger partial charge in [0.2, 0.25) is 11.8 Å². The van der Waals surface area contributed by atoms with E-state index in [9.17, 15) is 14.4 Å². The quantitative estimate of drug-likeness (QED) is 0.411. The fourth-order valence-electron chi connectivity index (χ4n) is 1.71. The summed E-state index contributed by atoms with van der Waals surface area (Å²) in [4.78, 5) is 35.6. The first-order chi connectivity index (χ1) is 8.04. The van der Waals surface area contributed by atoms with Crippen LogP contribution in [0.2, 0.25) is 0 Å². The molecular formula is C12H19NO4. The van der Waals surface area contributed by atoms with E-state index in [0.717, 1.165) is 17.7 Å². The molecule has 0 spiro atoms. The summed E-state index contributed by atoms with van der Waals surface area (Å²) >= 11 is 0. The molecule has 0 bridgehead atoms. The molecule has 1 saturated heterocycles. The Morgan fingerprint density at radius 3 is 2.47 bits per heavy atom. The number of ether oxygens (including phenoxy) is 1. The zero-order chi connectivity index (χ0) is 12.8. The van der Waals surface area contributed by atoms with E-state index in [0.29, 0.717) is 19.4 Å². The third-order valence-electron chi connectivity index (χ3n) is 2.70. The summed E-state index contributed by atoms with van der Waals surface area (Å²) in [6.07, 6.45) is 2.39. The molecule has 0 aliphatic carbocycles. The number of piperidine rings is 1. The Hall–Kier alpha value is -1.39. The van der Waals surface area contributed by atoms with Crippen molar-refractivity contribution < 1.29 is 19.1 Å². The third kappa shape index (κ3) is 4.17. The molecule has 17 heavy (non-hydrogen) atoms. The highest BCUT2D eigenvalue weighted by Crippen LogP contribution is 2.18. The van der Waals surface area contributed by atoms with Crippen LogP contribution in [0, 0.1) is 5.92 Å². The minimum absolute atomic E-state index is 0.0716. The standard InChI is InChI=1S/C12H19NO4/c1-3-4-5-17-12(16)8-13-10(14)6-9(2)7-11(13)15/h9H,3-8H2,1-2H3. The van der Waals surface area contributed by atoms with Crippen molar-refractivity contribution in [3.8, 4) is 0 Å². The molecule has 96 valence electrons. The maximum atomic E-state index is 11.6. The Bertz CT molecular complexity index is 296. The summed E-state index contributed by atoms with van der Waals surface area (Å²) in [6.45, 7) is 3.95. The van der Waals surface area contributed by atoms with Crippen molar-refractivity contribution in [2.24, 2.45) is 5.92 Å². The minimum Gasteiger partial charge on any atom is -0.464 e. The van der Waals surface area contributed by atoms with Gasteiger partial charge in [0, 0.05) is 12.8 Å². The topological polar surface area (TPSA) is 63.7 Å². The van der Waals surface area contributed by atoms with E-state index in [1.165, 1.54) is 0 Å². The van der Waals surface area contributed by atoms with Crippen molar-refractivity contribution in [3.63, 3.8) is 0 Å².